The first-order valence-corrected chi connectivity index (χ1v) is 11.6. The van der Waals surface area contributed by atoms with Gasteiger partial charge in [-0.3, -0.25) is 9.59 Å². The van der Waals surface area contributed by atoms with E-state index in [0.29, 0.717) is 36.7 Å². The molecule has 0 saturated heterocycles. The maximum Gasteiger partial charge on any atom is 0.275 e. The predicted octanol–water partition coefficient (Wildman–Crippen LogP) is 3.22. The molecule has 1 amide bonds. The molecule has 0 bridgehead atoms. The summed E-state index contributed by atoms with van der Waals surface area (Å²) in [5.41, 5.74) is 0.322. The molecule has 0 radical (unpaired) electrons. The van der Waals surface area contributed by atoms with Crippen LogP contribution in [0.15, 0.2) is 41.2 Å². The highest BCUT2D eigenvalue weighted by atomic mass is 16.5. The first kappa shape index (κ1) is 20.9. The third kappa shape index (κ3) is 4.46. The molecule has 1 aromatic carbocycles. The molecule has 2 heterocycles. The second-order valence-electron chi connectivity index (χ2n) is 9.00. The Labute approximate surface area is 186 Å². The standard InChI is InChI=1S/C24H29N5O3/c30-20-15-19(26-23-27-21(28-29(20)23)18-7-3-1-4-8-18)16-32-24(12-5-2-6-13-24)22(31)25-14-11-17-9-10-17/h1,3-4,7-8,15,17H,2,5-6,9-14,16H2,(H,25,31)(H,26,27,28). The van der Waals surface area contributed by atoms with Crippen molar-refractivity contribution < 1.29 is 9.53 Å². The average Bonchev–Trinajstić information content (AvgIpc) is 3.54. The molecule has 2 saturated carbocycles. The van der Waals surface area contributed by atoms with Gasteiger partial charge in [-0.2, -0.15) is 9.50 Å². The molecule has 2 aliphatic rings. The molecule has 8 nitrogen and oxygen atoms in total. The molecule has 32 heavy (non-hydrogen) atoms. The fourth-order valence-electron chi connectivity index (χ4n) is 4.46. The van der Waals surface area contributed by atoms with E-state index in [-0.39, 0.29) is 18.1 Å². The lowest BCUT2D eigenvalue weighted by Crippen LogP contribution is -2.50. The van der Waals surface area contributed by atoms with Crippen molar-refractivity contribution in [3.05, 3.63) is 52.4 Å². The minimum absolute atomic E-state index is 0.0184. The highest BCUT2D eigenvalue weighted by molar-refractivity contribution is 5.85. The molecule has 2 N–H and O–H groups in total. The van der Waals surface area contributed by atoms with Gasteiger partial charge in [0.15, 0.2) is 5.82 Å². The molecule has 3 aromatic rings. The Balaban J connectivity index is 1.32. The monoisotopic (exact) mass is 435 g/mol. The number of nitrogens with zero attached hydrogens (tertiary/aromatic N) is 3. The summed E-state index contributed by atoms with van der Waals surface area (Å²) in [5, 5.41) is 7.43. The molecular weight excluding hydrogens is 406 g/mol. The zero-order valence-corrected chi connectivity index (χ0v) is 18.2. The number of aromatic nitrogens is 4. The van der Waals surface area contributed by atoms with Crippen molar-refractivity contribution in [2.24, 2.45) is 5.92 Å². The van der Waals surface area contributed by atoms with Crippen molar-refractivity contribution in [3.63, 3.8) is 0 Å². The Morgan fingerprint density at radius 2 is 1.97 bits per heavy atom. The number of H-pyrrole nitrogens is 1. The second-order valence-corrected chi connectivity index (χ2v) is 9.00. The fourth-order valence-corrected chi connectivity index (χ4v) is 4.46. The Morgan fingerprint density at radius 1 is 1.19 bits per heavy atom. The van der Waals surface area contributed by atoms with Crippen molar-refractivity contribution in [2.75, 3.05) is 6.54 Å². The van der Waals surface area contributed by atoms with Crippen LogP contribution in [0.2, 0.25) is 0 Å². The summed E-state index contributed by atoms with van der Waals surface area (Å²) in [7, 11) is 0. The van der Waals surface area contributed by atoms with Gasteiger partial charge in [0.1, 0.15) is 5.60 Å². The van der Waals surface area contributed by atoms with E-state index in [1.165, 1.54) is 23.4 Å². The topological polar surface area (TPSA) is 101 Å². The smallest absolute Gasteiger partial charge is 0.275 e. The maximum absolute atomic E-state index is 13.0. The summed E-state index contributed by atoms with van der Waals surface area (Å²) in [6, 6.07) is 11.0. The Bertz CT molecular complexity index is 1140. The molecule has 0 atom stereocenters. The lowest BCUT2D eigenvalue weighted by molar-refractivity contribution is -0.154. The van der Waals surface area contributed by atoms with Gasteiger partial charge < -0.3 is 15.0 Å². The SMILES string of the molecule is O=C(NCCC1CC1)C1(OCc2cc(=O)n3nc(-c4ccccc4)nc3[nH]2)CCCCC1. The molecule has 5 rings (SSSR count). The largest absolute Gasteiger partial charge is 0.359 e. The van der Waals surface area contributed by atoms with E-state index in [0.717, 1.165) is 37.2 Å². The highest BCUT2D eigenvalue weighted by Gasteiger charge is 2.40. The molecular formula is C24H29N5O3. The van der Waals surface area contributed by atoms with Crippen LogP contribution in [0.3, 0.4) is 0 Å². The number of carbonyl (C=O) groups is 1. The number of rotatable bonds is 8. The number of hydrogen-bond donors (Lipinski definition) is 2. The summed E-state index contributed by atoms with van der Waals surface area (Å²) in [4.78, 5) is 33.3. The van der Waals surface area contributed by atoms with Gasteiger partial charge in [-0.1, -0.05) is 62.4 Å². The quantitative estimate of drug-likeness (QED) is 0.566. The Morgan fingerprint density at radius 3 is 2.72 bits per heavy atom. The number of hydrogen-bond acceptors (Lipinski definition) is 5. The van der Waals surface area contributed by atoms with Gasteiger partial charge in [-0.25, -0.2) is 0 Å². The summed E-state index contributed by atoms with van der Waals surface area (Å²) >= 11 is 0. The molecule has 8 heteroatoms. The Hall–Kier alpha value is -3.00. The van der Waals surface area contributed by atoms with Gasteiger partial charge in [0, 0.05) is 23.9 Å². The van der Waals surface area contributed by atoms with E-state index in [9.17, 15) is 9.59 Å². The highest BCUT2D eigenvalue weighted by Crippen LogP contribution is 2.34. The lowest BCUT2D eigenvalue weighted by Gasteiger charge is -2.35. The van der Waals surface area contributed by atoms with E-state index in [2.05, 4.69) is 20.4 Å². The number of amides is 1. The van der Waals surface area contributed by atoms with Crippen molar-refractivity contribution in [3.8, 4) is 11.4 Å². The number of ether oxygens (including phenoxy) is 1. The molecule has 168 valence electrons. The van der Waals surface area contributed by atoms with Crippen LogP contribution in [0, 0.1) is 5.92 Å². The van der Waals surface area contributed by atoms with Crippen LogP contribution >= 0.6 is 0 Å². The first-order valence-electron chi connectivity index (χ1n) is 11.6. The normalized spacial score (nSPS) is 18.0. The maximum atomic E-state index is 13.0. The van der Waals surface area contributed by atoms with E-state index >= 15 is 0 Å². The van der Waals surface area contributed by atoms with Crippen LogP contribution in [0.25, 0.3) is 17.2 Å². The van der Waals surface area contributed by atoms with Crippen molar-refractivity contribution in [1.82, 2.24) is 24.9 Å². The van der Waals surface area contributed by atoms with Crippen molar-refractivity contribution in [1.29, 1.82) is 0 Å². The van der Waals surface area contributed by atoms with Gasteiger partial charge in [-0.05, 0) is 25.2 Å². The van der Waals surface area contributed by atoms with Crippen LogP contribution in [-0.4, -0.2) is 37.6 Å². The van der Waals surface area contributed by atoms with Gasteiger partial charge in [0.05, 0.1) is 6.61 Å². The summed E-state index contributed by atoms with van der Waals surface area (Å²) in [5.74, 6) is 1.60. The first-order chi connectivity index (χ1) is 15.6. The summed E-state index contributed by atoms with van der Waals surface area (Å²) < 4.78 is 7.50. The molecule has 0 aliphatic heterocycles. The zero-order chi connectivity index (χ0) is 22.0. The van der Waals surface area contributed by atoms with Crippen LogP contribution in [0.4, 0.5) is 0 Å². The molecule has 0 unspecified atom stereocenters. The number of benzene rings is 1. The lowest BCUT2D eigenvalue weighted by atomic mass is 9.83. The predicted molar refractivity (Wildman–Crippen MR) is 120 cm³/mol. The molecule has 2 aliphatic carbocycles. The van der Waals surface area contributed by atoms with Crippen LogP contribution in [0.1, 0.15) is 57.1 Å². The molecule has 2 fully saturated rings. The van der Waals surface area contributed by atoms with Crippen LogP contribution in [-0.2, 0) is 16.1 Å². The summed E-state index contributed by atoms with van der Waals surface area (Å²) in [6.45, 7) is 0.856. The zero-order valence-electron chi connectivity index (χ0n) is 18.2. The van der Waals surface area contributed by atoms with Gasteiger partial charge in [0.25, 0.3) is 11.5 Å². The number of nitrogens with one attached hydrogen (secondary N) is 2. The van der Waals surface area contributed by atoms with Gasteiger partial charge >= 0.3 is 0 Å². The Kier molecular flexibility index (Phi) is 5.78. The van der Waals surface area contributed by atoms with Crippen LogP contribution < -0.4 is 10.9 Å². The van der Waals surface area contributed by atoms with E-state index in [1.54, 1.807) is 0 Å². The second kappa shape index (κ2) is 8.86. The van der Waals surface area contributed by atoms with E-state index < -0.39 is 5.60 Å². The van der Waals surface area contributed by atoms with Crippen molar-refractivity contribution in [2.45, 2.75) is 63.6 Å². The van der Waals surface area contributed by atoms with Crippen molar-refractivity contribution >= 4 is 11.7 Å². The van der Waals surface area contributed by atoms with E-state index in [4.69, 9.17) is 4.74 Å². The minimum Gasteiger partial charge on any atom is -0.359 e. The molecule has 2 aromatic heterocycles. The average molecular weight is 436 g/mol. The van der Waals surface area contributed by atoms with Crippen LogP contribution in [0.5, 0.6) is 0 Å². The fraction of sp³-hybridized carbons (Fsp3) is 0.500. The van der Waals surface area contributed by atoms with Gasteiger partial charge in [-0.15, -0.1) is 5.10 Å². The number of carbonyl (C=O) groups excluding carboxylic acids is 1. The van der Waals surface area contributed by atoms with E-state index in [1.807, 2.05) is 30.3 Å². The summed E-state index contributed by atoms with van der Waals surface area (Å²) in [6.07, 6.45) is 8.07. The number of aromatic amines is 1. The minimum atomic E-state index is -0.826. The molecule has 0 spiro atoms. The number of fused-ring (bicyclic) bond motifs is 1. The third-order valence-corrected chi connectivity index (χ3v) is 6.53. The van der Waals surface area contributed by atoms with Gasteiger partial charge in [0.2, 0.25) is 5.78 Å². The third-order valence-electron chi connectivity index (χ3n) is 6.53.